The van der Waals surface area contributed by atoms with Crippen molar-refractivity contribution >= 4 is 11.7 Å². The van der Waals surface area contributed by atoms with E-state index in [1.165, 1.54) is 0 Å². The quantitative estimate of drug-likeness (QED) is 0.769. The second-order valence-electron chi connectivity index (χ2n) is 5.13. The number of nitrogens with one attached hydrogen (secondary N) is 2. The summed E-state index contributed by atoms with van der Waals surface area (Å²) in [5.74, 6) is 1.03. The fraction of sp³-hybridized carbons (Fsp3) is 0.600. The predicted molar refractivity (Wildman–Crippen MR) is 80.7 cm³/mol. The second-order valence-corrected chi connectivity index (χ2v) is 5.13. The Hall–Kier alpha value is -1.62. The molecule has 1 atom stereocenters. The average Bonchev–Trinajstić information content (AvgIpc) is 2.96. The first-order valence-corrected chi connectivity index (χ1v) is 7.40. The summed E-state index contributed by atoms with van der Waals surface area (Å²) in [6.45, 7) is 4.84. The molecule has 2 rings (SSSR count). The molecular weight excluding hydrogens is 252 g/mol. The Labute approximate surface area is 120 Å². The highest BCUT2D eigenvalue weighted by molar-refractivity contribution is 5.85. The summed E-state index contributed by atoms with van der Waals surface area (Å²) < 4.78 is 0. The first-order chi connectivity index (χ1) is 9.77. The van der Waals surface area contributed by atoms with Gasteiger partial charge in [0.15, 0.2) is 0 Å². The lowest BCUT2D eigenvalue weighted by Crippen LogP contribution is -2.42. The van der Waals surface area contributed by atoms with E-state index >= 15 is 0 Å². The summed E-state index contributed by atoms with van der Waals surface area (Å²) in [5.41, 5.74) is 1.16. The van der Waals surface area contributed by atoms with Crippen LogP contribution in [0.5, 0.6) is 0 Å². The van der Waals surface area contributed by atoms with Crippen LogP contribution in [0.4, 0.5) is 5.82 Å². The first kappa shape index (κ1) is 14.8. The number of nitrogens with zero attached hydrogens (tertiary/aromatic N) is 2. The normalized spacial score (nSPS) is 18.3. The van der Waals surface area contributed by atoms with Gasteiger partial charge in [0.1, 0.15) is 11.9 Å². The lowest BCUT2D eigenvalue weighted by Gasteiger charge is -2.26. The fourth-order valence-corrected chi connectivity index (χ4v) is 2.69. The number of rotatable bonds is 6. The van der Waals surface area contributed by atoms with Gasteiger partial charge in [-0.15, -0.1) is 0 Å². The largest absolute Gasteiger partial charge is 0.357 e. The van der Waals surface area contributed by atoms with Gasteiger partial charge < -0.3 is 15.5 Å². The monoisotopic (exact) mass is 276 g/mol. The summed E-state index contributed by atoms with van der Waals surface area (Å²) in [7, 11) is 1.70. The molecule has 2 heterocycles. The van der Waals surface area contributed by atoms with Crippen molar-refractivity contribution in [3.63, 3.8) is 0 Å². The van der Waals surface area contributed by atoms with Gasteiger partial charge in [0.05, 0.1) is 0 Å². The molecule has 1 fully saturated rings. The molecule has 5 nitrogen and oxygen atoms in total. The summed E-state index contributed by atoms with van der Waals surface area (Å²) in [4.78, 5) is 18.6. The van der Waals surface area contributed by atoms with E-state index in [1.54, 1.807) is 13.2 Å². The van der Waals surface area contributed by atoms with Gasteiger partial charge >= 0.3 is 0 Å². The molecule has 110 valence electrons. The highest BCUT2D eigenvalue weighted by Crippen LogP contribution is 2.26. The number of carbonyl (C=O) groups excluding carboxylic acids is 1. The van der Waals surface area contributed by atoms with Gasteiger partial charge in [-0.05, 0) is 31.9 Å². The maximum Gasteiger partial charge on any atom is 0.242 e. The van der Waals surface area contributed by atoms with Crippen molar-refractivity contribution in [3.05, 3.63) is 23.9 Å². The molecular formula is C15H24N4O. The highest BCUT2D eigenvalue weighted by atomic mass is 16.2. The van der Waals surface area contributed by atoms with E-state index in [4.69, 9.17) is 0 Å². The number of pyridine rings is 1. The van der Waals surface area contributed by atoms with Crippen LogP contribution in [0.15, 0.2) is 18.3 Å². The molecule has 0 aliphatic carbocycles. The molecule has 5 heteroatoms. The maximum absolute atomic E-state index is 12.0. The zero-order chi connectivity index (χ0) is 14.4. The third kappa shape index (κ3) is 3.28. The fourth-order valence-electron chi connectivity index (χ4n) is 2.69. The van der Waals surface area contributed by atoms with Gasteiger partial charge in [0.25, 0.3) is 0 Å². The molecule has 1 unspecified atom stereocenters. The standard InChI is InChI=1S/C15H24N4O/c1-3-8-17-11-12-6-4-9-18-14(12)19-10-5-7-13(19)15(20)16-2/h4,6,9,13,17H,3,5,7-8,10-11H2,1-2H3,(H,16,20). The molecule has 1 aromatic heterocycles. The third-order valence-electron chi connectivity index (χ3n) is 3.68. The van der Waals surface area contributed by atoms with Gasteiger partial charge in [-0.25, -0.2) is 4.98 Å². The van der Waals surface area contributed by atoms with Gasteiger partial charge in [-0.3, -0.25) is 4.79 Å². The van der Waals surface area contributed by atoms with E-state index in [0.29, 0.717) is 0 Å². The molecule has 2 N–H and O–H groups in total. The molecule has 0 spiro atoms. The van der Waals surface area contributed by atoms with E-state index in [0.717, 1.165) is 50.3 Å². The number of hydrogen-bond donors (Lipinski definition) is 2. The van der Waals surface area contributed by atoms with Crippen molar-refractivity contribution < 1.29 is 4.79 Å². The first-order valence-electron chi connectivity index (χ1n) is 7.40. The molecule has 1 saturated heterocycles. The van der Waals surface area contributed by atoms with Gasteiger partial charge in [0, 0.05) is 31.9 Å². The Morgan fingerprint density at radius 3 is 3.15 bits per heavy atom. The van der Waals surface area contributed by atoms with Crippen molar-refractivity contribution in [1.82, 2.24) is 15.6 Å². The molecule has 1 aliphatic heterocycles. The van der Waals surface area contributed by atoms with Gasteiger partial charge in [-0.1, -0.05) is 13.0 Å². The van der Waals surface area contributed by atoms with Crippen LogP contribution in [0.2, 0.25) is 0 Å². The Bertz CT molecular complexity index is 449. The molecule has 20 heavy (non-hydrogen) atoms. The minimum atomic E-state index is -0.0835. The smallest absolute Gasteiger partial charge is 0.242 e. The van der Waals surface area contributed by atoms with E-state index in [2.05, 4.69) is 33.5 Å². The zero-order valence-electron chi connectivity index (χ0n) is 12.4. The van der Waals surface area contributed by atoms with Crippen LogP contribution in [0, 0.1) is 0 Å². The topological polar surface area (TPSA) is 57.3 Å². The summed E-state index contributed by atoms with van der Waals surface area (Å²) in [6, 6.07) is 3.96. The number of aromatic nitrogens is 1. The Morgan fingerprint density at radius 2 is 2.40 bits per heavy atom. The van der Waals surface area contributed by atoms with Gasteiger partial charge in [-0.2, -0.15) is 0 Å². The lowest BCUT2D eigenvalue weighted by atomic mass is 10.2. The minimum Gasteiger partial charge on any atom is -0.357 e. The Kier molecular flexibility index (Phi) is 5.35. The molecule has 1 amide bonds. The van der Waals surface area contributed by atoms with Crippen molar-refractivity contribution in [2.75, 3.05) is 25.0 Å². The van der Waals surface area contributed by atoms with Crippen LogP contribution in [0.1, 0.15) is 31.7 Å². The van der Waals surface area contributed by atoms with E-state index in [1.807, 2.05) is 6.07 Å². The lowest BCUT2D eigenvalue weighted by molar-refractivity contribution is -0.121. The maximum atomic E-state index is 12.0. The van der Waals surface area contributed by atoms with E-state index in [-0.39, 0.29) is 11.9 Å². The van der Waals surface area contributed by atoms with Crippen LogP contribution < -0.4 is 15.5 Å². The molecule has 1 aliphatic rings. The van der Waals surface area contributed by atoms with Crippen molar-refractivity contribution in [2.24, 2.45) is 0 Å². The average molecular weight is 276 g/mol. The number of anilines is 1. The van der Waals surface area contributed by atoms with Crippen LogP contribution in [0.25, 0.3) is 0 Å². The molecule has 0 radical (unpaired) electrons. The van der Waals surface area contributed by atoms with Crippen LogP contribution in [-0.2, 0) is 11.3 Å². The number of hydrogen-bond acceptors (Lipinski definition) is 4. The van der Waals surface area contributed by atoms with Crippen LogP contribution in [-0.4, -0.2) is 37.1 Å². The number of carbonyl (C=O) groups is 1. The van der Waals surface area contributed by atoms with Crippen LogP contribution in [0.3, 0.4) is 0 Å². The summed E-state index contributed by atoms with van der Waals surface area (Å²) >= 11 is 0. The predicted octanol–water partition coefficient (Wildman–Crippen LogP) is 1.30. The molecule has 0 bridgehead atoms. The number of likely N-dealkylation sites (N-methyl/N-ethyl adjacent to an activating group) is 1. The van der Waals surface area contributed by atoms with Gasteiger partial charge in [0.2, 0.25) is 5.91 Å². The second kappa shape index (κ2) is 7.24. The van der Waals surface area contributed by atoms with Crippen LogP contribution >= 0.6 is 0 Å². The van der Waals surface area contributed by atoms with E-state index < -0.39 is 0 Å². The molecule has 0 saturated carbocycles. The Morgan fingerprint density at radius 1 is 1.55 bits per heavy atom. The Balaban J connectivity index is 2.16. The molecule has 0 aromatic carbocycles. The minimum absolute atomic E-state index is 0.0835. The van der Waals surface area contributed by atoms with Crippen molar-refractivity contribution in [2.45, 2.75) is 38.8 Å². The number of amides is 1. The highest BCUT2D eigenvalue weighted by Gasteiger charge is 2.31. The SMILES string of the molecule is CCCNCc1cccnc1N1CCCC1C(=O)NC. The van der Waals surface area contributed by atoms with E-state index in [9.17, 15) is 4.79 Å². The zero-order valence-corrected chi connectivity index (χ0v) is 12.4. The van der Waals surface area contributed by atoms with Crippen molar-refractivity contribution in [1.29, 1.82) is 0 Å². The third-order valence-corrected chi connectivity index (χ3v) is 3.68. The van der Waals surface area contributed by atoms with Crippen molar-refractivity contribution in [3.8, 4) is 0 Å². The molecule has 1 aromatic rings. The summed E-state index contributed by atoms with van der Waals surface area (Å²) in [5, 5.41) is 6.16. The summed E-state index contributed by atoms with van der Waals surface area (Å²) in [6.07, 6.45) is 4.85.